The Bertz CT molecular complexity index is 3530. The standard InChI is InChI=1S/C56H41N3OS/c1-35-14-13-21-41(28-35)43(33-58-60-56-46(36(2)57)29-42(37-15-5-3-6-16-37)30-47(56)38-17-7-4-8-18-38)34-59-50-26-24-39-19-9-11-22-44(39)54(50)48-32-53-49(31-51(48)59)55-45-23-12-10-20-40(45)25-27-52(55)61-53/h3-33,43H,2,34,57H2,1H3/b58-33-. The van der Waals surface area contributed by atoms with E-state index in [1.165, 1.54) is 69.1 Å². The molecule has 9 aromatic carbocycles. The smallest absolute Gasteiger partial charge is 0.175 e. The first-order chi connectivity index (χ1) is 30.0. The zero-order chi connectivity index (χ0) is 41.0. The van der Waals surface area contributed by atoms with Crippen molar-refractivity contribution in [1.82, 2.24) is 4.57 Å². The Morgan fingerprint density at radius 2 is 1.31 bits per heavy atom. The molecule has 2 heterocycles. The first kappa shape index (κ1) is 36.6. The highest BCUT2D eigenvalue weighted by Gasteiger charge is 2.22. The van der Waals surface area contributed by atoms with Crippen molar-refractivity contribution in [1.29, 1.82) is 0 Å². The van der Waals surface area contributed by atoms with E-state index in [0.717, 1.165) is 27.8 Å². The van der Waals surface area contributed by atoms with Gasteiger partial charge in [0.1, 0.15) is 0 Å². The number of aryl methyl sites for hydroxylation is 1. The Hall–Kier alpha value is -7.47. The topological polar surface area (TPSA) is 52.5 Å². The summed E-state index contributed by atoms with van der Waals surface area (Å²) in [6, 6.07) is 64.9. The van der Waals surface area contributed by atoms with E-state index in [4.69, 9.17) is 15.7 Å². The summed E-state index contributed by atoms with van der Waals surface area (Å²) < 4.78 is 5.09. The van der Waals surface area contributed by atoms with Gasteiger partial charge in [-0.3, -0.25) is 0 Å². The predicted octanol–water partition coefficient (Wildman–Crippen LogP) is 14.9. The first-order valence-corrected chi connectivity index (χ1v) is 21.5. The van der Waals surface area contributed by atoms with Crippen LogP contribution in [0.15, 0.2) is 194 Å². The van der Waals surface area contributed by atoms with Crippen molar-refractivity contribution in [3.63, 3.8) is 0 Å². The summed E-state index contributed by atoms with van der Waals surface area (Å²) in [5.41, 5.74) is 16.4. The third kappa shape index (κ3) is 6.42. The minimum absolute atomic E-state index is 0.144. The Labute approximate surface area is 358 Å². The van der Waals surface area contributed by atoms with Crippen molar-refractivity contribution < 1.29 is 4.84 Å². The Balaban J connectivity index is 1.09. The zero-order valence-electron chi connectivity index (χ0n) is 33.7. The van der Waals surface area contributed by atoms with Crippen LogP contribution in [0.1, 0.15) is 22.6 Å². The molecule has 0 fully saturated rings. The van der Waals surface area contributed by atoms with Gasteiger partial charge in [0.2, 0.25) is 0 Å². The van der Waals surface area contributed by atoms with E-state index in [1.807, 2.05) is 60.0 Å². The quantitative estimate of drug-likeness (QED) is 0.117. The van der Waals surface area contributed by atoms with Gasteiger partial charge in [0.25, 0.3) is 0 Å². The van der Waals surface area contributed by atoms with Crippen LogP contribution < -0.4 is 10.6 Å². The van der Waals surface area contributed by atoms with Gasteiger partial charge in [-0.15, -0.1) is 11.3 Å². The van der Waals surface area contributed by atoms with Crippen molar-refractivity contribution >= 4 is 86.8 Å². The minimum Gasteiger partial charge on any atom is -0.399 e. The van der Waals surface area contributed by atoms with Gasteiger partial charge in [0, 0.05) is 71.3 Å². The second kappa shape index (κ2) is 15.0. The Morgan fingerprint density at radius 1 is 0.623 bits per heavy atom. The molecule has 61 heavy (non-hydrogen) atoms. The molecule has 11 rings (SSSR count). The zero-order valence-corrected chi connectivity index (χ0v) is 34.5. The van der Waals surface area contributed by atoms with E-state index >= 15 is 0 Å². The van der Waals surface area contributed by atoms with Crippen molar-refractivity contribution in [3.05, 3.63) is 205 Å². The number of thiophene rings is 1. The average molecular weight is 804 g/mol. The van der Waals surface area contributed by atoms with Crippen LogP contribution in [0.2, 0.25) is 0 Å². The summed E-state index contributed by atoms with van der Waals surface area (Å²) in [7, 11) is 0. The van der Waals surface area contributed by atoms with Crippen molar-refractivity contribution in [2.45, 2.75) is 19.4 Å². The molecule has 0 aliphatic carbocycles. The minimum atomic E-state index is -0.144. The summed E-state index contributed by atoms with van der Waals surface area (Å²) in [6.07, 6.45) is 1.96. The van der Waals surface area contributed by atoms with Gasteiger partial charge in [-0.05, 0) is 87.1 Å². The van der Waals surface area contributed by atoms with Crippen LogP contribution in [0.25, 0.3) is 91.5 Å². The molecule has 0 aliphatic rings. The molecule has 2 N–H and O–H groups in total. The van der Waals surface area contributed by atoms with Gasteiger partial charge in [0.05, 0.1) is 6.21 Å². The van der Waals surface area contributed by atoms with E-state index in [9.17, 15) is 0 Å². The fraction of sp³-hybridized carbons (Fsp3) is 0.0536. The maximum atomic E-state index is 6.57. The molecule has 1 unspecified atom stereocenters. The van der Waals surface area contributed by atoms with Crippen LogP contribution in [0, 0.1) is 6.92 Å². The third-order valence-corrected chi connectivity index (χ3v) is 13.2. The van der Waals surface area contributed by atoms with Gasteiger partial charge in [-0.1, -0.05) is 163 Å². The highest BCUT2D eigenvalue weighted by Crippen LogP contribution is 2.45. The molecule has 2 aromatic heterocycles. The molecule has 0 radical (unpaired) electrons. The summed E-state index contributed by atoms with van der Waals surface area (Å²) >= 11 is 1.88. The van der Waals surface area contributed by atoms with Gasteiger partial charge >= 0.3 is 0 Å². The third-order valence-electron chi connectivity index (χ3n) is 12.1. The lowest BCUT2D eigenvalue weighted by Gasteiger charge is -2.18. The number of aromatic nitrogens is 1. The van der Waals surface area contributed by atoms with Crippen LogP contribution in [0.4, 0.5) is 0 Å². The van der Waals surface area contributed by atoms with E-state index in [1.54, 1.807) is 0 Å². The van der Waals surface area contributed by atoms with Gasteiger partial charge in [-0.25, -0.2) is 0 Å². The lowest BCUT2D eigenvalue weighted by Crippen LogP contribution is -2.12. The number of hydrogen-bond donors (Lipinski definition) is 1. The highest BCUT2D eigenvalue weighted by atomic mass is 32.1. The molecule has 11 aromatic rings. The molecule has 5 heteroatoms. The van der Waals surface area contributed by atoms with Crippen LogP contribution in [-0.2, 0) is 6.54 Å². The second-order valence-corrected chi connectivity index (χ2v) is 17.0. The van der Waals surface area contributed by atoms with Crippen molar-refractivity contribution in [2.75, 3.05) is 0 Å². The molecule has 1 atom stereocenters. The molecule has 0 saturated carbocycles. The number of oxime groups is 1. The van der Waals surface area contributed by atoms with Gasteiger partial charge in [0.15, 0.2) is 5.75 Å². The molecule has 0 aliphatic heterocycles. The molecule has 0 bridgehead atoms. The van der Waals surface area contributed by atoms with Crippen LogP contribution in [0.3, 0.4) is 0 Å². The molecule has 0 saturated heterocycles. The van der Waals surface area contributed by atoms with E-state index in [-0.39, 0.29) is 5.92 Å². The monoisotopic (exact) mass is 803 g/mol. The lowest BCUT2D eigenvalue weighted by atomic mass is 9.94. The number of fused-ring (bicyclic) bond motifs is 10. The molecule has 0 spiro atoms. The summed E-state index contributed by atoms with van der Waals surface area (Å²) in [5.74, 6) is 0.425. The summed E-state index contributed by atoms with van der Waals surface area (Å²) in [4.78, 5) is 6.57. The van der Waals surface area contributed by atoms with Crippen molar-refractivity contribution in [2.24, 2.45) is 10.9 Å². The van der Waals surface area contributed by atoms with Crippen LogP contribution in [0.5, 0.6) is 5.75 Å². The Kier molecular flexibility index (Phi) is 8.98. The number of nitrogens with two attached hydrogens (primary N) is 1. The van der Waals surface area contributed by atoms with Crippen LogP contribution >= 0.6 is 11.3 Å². The number of hydrogen-bond acceptors (Lipinski definition) is 4. The van der Waals surface area contributed by atoms with Crippen molar-refractivity contribution in [3.8, 4) is 28.0 Å². The van der Waals surface area contributed by atoms with Gasteiger partial charge in [-0.2, -0.15) is 0 Å². The first-order valence-electron chi connectivity index (χ1n) is 20.7. The molecule has 292 valence electrons. The SMILES string of the molecule is C=C(N)c1cc(-c2ccccc2)cc(-c2ccccc2)c1O/N=C\C(Cn1c2cc3c(cc2c2c4ccccc4ccc21)sc1ccc2ccccc2c13)c1cccc(C)c1. The van der Waals surface area contributed by atoms with E-state index < -0.39 is 0 Å². The molecule has 4 nitrogen and oxygen atoms in total. The maximum Gasteiger partial charge on any atom is 0.175 e. The fourth-order valence-electron chi connectivity index (χ4n) is 9.19. The number of nitrogens with zero attached hydrogens (tertiary/aromatic N) is 2. The molecular formula is C56H41N3OS. The Morgan fingerprint density at radius 3 is 2.05 bits per heavy atom. The summed E-state index contributed by atoms with van der Waals surface area (Å²) in [5, 5.41) is 15.0. The predicted molar refractivity (Wildman–Crippen MR) is 261 cm³/mol. The summed E-state index contributed by atoms with van der Waals surface area (Å²) in [6.45, 7) is 6.96. The molecule has 0 amide bonds. The molecular weight excluding hydrogens is 763 g/mol. The second-order valence-electron chi connectivity index (χ2n) is 15.9. The number of benzene rings is 9. The maximum absolute atomic E-state index is 6.57. The average Bonchev–Trinajstić information content (AvgIpc) is 3.83. The van der Waals surface area contributed by atoms with E-state index in [2.05, 4.69) is 158 Å². The number of rotatable bonds is 9. The highest BCUT2D eigenvalue weighted by molar-refractivity contribution is 7.26. The lowest BCUT2D eigenvalue weighted by molar-refractivity contribution is 0.342. The fourth-order valence-corrected chi connectivity index (χ4v) is 10.3. The van der Waals surface area contributed by atoms with Crippen LogP contribution in [-0.4, -0.2) is 10.8 Å². The normalized spacial score (nSPS) is 12.4. The van der Waals surface area contributed by atoms with E-state index in [0.29, 0.717) is 23.6 Å². The largest absolute Gasteiger partial charge is 0.399 e. The van der Waals surface area contributed by atoms with Gasteiger partial charge < -0.3 is 15.1 Å².